The number of aryl methyl sites for hydroxylation is 2. The molecule has 0 spiro atoms. The third-order valence-electron chi connectivity index (χ3n) is 3.58. The summed E-state index contributed by atoms with van der Waals surface area (Å²) < 4.78 is 9.94. The number of imidazole rings is 1. The molecular formula is C18H27N3O2+. The van der Waals surface area contributed by atoms with E-state index in [-0.39, 0.29) is 0 Å². The van der Waals surface area contributed by atoms with Crippen molar-refractivity contribution in [3.8, 4) is 5.75 Å². The zero-order valence-electron chi connectivity index (χ0n) is 14.5. The van der Waals surface area contributed by atoms with E-state index in [0.29, 0.717) is 12.3 Å². The second kappa shape index (κ2) is 7.51. The second-order valence-corrected chi connectivity index (χ2v) is 6.83. The van der Waals surface area contributed by atoms with Gasteiger partial charge in [0.1, 0.15) is 18.1 Å². The van der Waals surface area contributed by atoms with Crippen LogP contribution in [-0.2, 0) is 18.8 Å². The van der Waals surface area contributed by atoms with E-state index in [1.165, 1.54) is 0 Å². The molecule has 0 atom stereocenters. The van der Waals surface area contributed by atoms with E-state index in [4.69, 9.17) is 4.74 Å². The van der Waals surface area contributed by atoms with Gasteiger partial charge < -0.3 is 4.74 Å². The van der Waals surface area contributed by atoms with E-state index < -0.39 is 5.54 Å². The van der Waals surface area contributed by atoms with Crippen LogP contribution in [0.3, 0.4) is 0 Å². The number of hydrogen-bond acceptors (Lipinski definition) is 2. The van der Waals surface area contributed by atoms with Crippen LogP contribution in [0.5, 0.6) is 5.75 Å². The van der Waals surface area contributed by atoms with E-state index in [1.54, 1.807) is 0 Å². The van der Waals surface area contributed by atoms with E-state index in [2.05, 4.69) is 17.1 Å². The highest BCUT2D eigenvalue weighted by molar-refractivity contribution is 5.48. The molecule has 0 aliphatic heterocycles. The molecule has 1 radical (unpaired) electrons. The summed E-state index contributed by atoms with van der Waals surface area (Å²) in [4.78, 5) is 0. The van der Waals surface area contributed by atoms with Crippen LogP contribution in [0, 0.1) is 0 Å². The fraction of sp³-hybridized carbons (Fsp3) is 0.500. The van der Waals surface area contributed by atoms with Gasteiger partial charge in [-0.1, -0.05) is 5.21 Å². The van der Waals surface area contributed by atoms with E-state index in [9.17, 15) is 5.21 Å². The van der Waals surface area contributed by atoms with Crippen molar-refractivity contribution in [2.75, 3.05) is 11.7 Å². The highest BCUT2D eigenvalue weighted by Crippen LogP contribution is 2.24. The van der Waals surface area contributed by atoms with Gasteiger partial charge in [0.25, 0.3) is 0 Å². The molecule has 1 aromatic carbocycles. The quantitative estimate of drug-likeness (QED) is 0.447. The molecule has 0 amide bonds. The average Bonchev–Trinajstić information content (AvgIpc) is 2.91. The van der Waals surface area contributed by atoms with E-state index >= 15 is 0 Å². The van der Waals surface area contributed by atoms with Crippen molar-refractivity contribution in [1.82, 2.24) is 4.57 Å². The highest BCUT2D eigenvalue weighted by atomic mass is 16.5. The maximum atomic E-state index is 12.1. The van der Waals surface area contributed by atoms with Gasteiger partial charge in [-0.3, -0.25) is 0 Å². The molecular weight excluding hydrogens is 290 g/mol. The number of unbranched alkanes of at least 4 members (excludes halogenated alkanes) is 1. The van der Waals surface area contributed by atoms with Crippen molar-refractivity contribution in [1.29, 1.82) is 0 Å². The zero-order chi connectivity index (χ0) is 16.9. The first kappa shape index (κ1) is 17.3. The molecule has 0 aliphatic rings. The monoisotopic (exact) mass is 317 g/mol. The number of hydrogen-bond donors (Lipinski definition) is 0. The maximum absolute atomic E-state index is 12.1. The molecule has 5 nitrogen and oxygen atoms in total. The summed E-state index contributed by atoms with van der Waals surface area (Å²) in [6, 6.07) is 7.34. The predicted octanol–water partition coefficient (Wildman–Crippen LogP) is 3.12. The SMILES string of the molecule is C[n+]1ccn(CCCCOc2ccc(N([O])C(C)(C)C)cc2)c1. The summed E-state index contributed by atoms with van der Waals surface area (Å²) in [7, 11) is 2.02. The first-order valence-electron chi connectivity index (χ1n) is 8.07. The largest absolute Gasteiger partial charge is 0.494 e. The van der Waals surface area contributed by atoms with Gasteiger partial charge in [-0.25, -0.2) is 14.2 Å². The van der Waals surface area contributed by atoms with Crippen molar-refractivity contribution >= 4 is 5.69 Å². The van der Waals surface area contributed by atoms with Crippen molar-refractivity contribution in [2.24, 2.45) is 7.05 Å². The Balaban J connectivity index is 1.72. The number of anilines is 1. The normalized spacial score (nSPS) is 11.5. The number of benzene rings is 1. The fourth-order valence-corrected chi connectivity index (χ4v) is 2.29. The fourth-order valence-electron chi connectivity index (χ4n) is 2.29. The van der Waals surface area contributed by atoms with Gasteiger partial charge in [0.2, 0.25) is 6.33 Å². The lowest BCUT2D eigenvalue weighted by atomic mass is 10.1. The molecule has 23 heavy (non-hydrogen) atoms. The number of ether oxygens (including phenoxy) is 1. The first-order chi connectivity index (χ1) is 10.9. The Labute approximate surface area is 138 Å². The average molecular weight is 317 g/mol. The summed E-state index contributed by atoms with van der Waals surface area (Å²) in [5.74, 6) is 0.809. The summed E-state index contributed by atoms with van der Waals surface area (Å²) in [5.41, 5.74) is 0.225. The minimum atomic E-state index is -0.433. The molecule has 1 heterocycles. The Bertz CT molecular complexity index is 599. The molecule has 125 valence electrons. The summed E-state index contributed by atoms with van der Waals surface area (Å²) in [6.07, 6.45) is 8.26. The van der Waals surface area contributed by atoms with Gasteiger partial charge in [-0.05, 0) is 57.9 Å². The summed E-state index contributed by atoms with van der Waals surface area (Å²) in [6.45, 7) is 7.38. The predicted molar refractivity (Wildman–Crippen MR) is 89.7 cm³/mol. The Kier molecular flexibility index (Phi) is 5.66. The Morgan fingerprint density at radius 2 is 1.87 bits per heavy atom. The van der Waals surface area contributed by atoms with Crippen LogP contribution < -0.4 is 14.4 Å². The second-order valence-electron chi connectivity index (χ2n) is 6.83. The van der Waals surface area contributed by atoms with Gasteiger partial charge in [-0.15, -0.1) is 0 Å². The Morgan fingerprint density at radius 1 is 1.17 bits per heavy atom. The summed E-state index contributed by atoms with van der Waals surface area (Å²) >= 11 is 0. The molecule has 2 aromatic rings. The number of hydroxylamine groups is 1. The Hall–Kier alpha value is -2.01. The molecule has 5 heteroatoms. The topological polar surface area (TPSA) is 41.2 Å². The van der Waals surface area contributed by atoms with Crippen molar-refractivity contribution in [3.05, 3.63) is 43.0 Å². The maximum Gasteiger partial charge on any atom is 0.243 e. The standard InChI is InChI=1S/C18H27N3O2/c1-18(2,3)21(22)16-7-9-17(10-8-16)23-14-6-5-11-20-13-12-19(4)15-20/h7-10,12-13,15H,5-6,11,14H2,1-4H3/q+1. The molecule has 2 rings (SSSR count). The van der Waals surface area contributed by atoms with Gasteiger partial charge in [0.15, 0.2) is 0 Å². The number of rotatable bonds is 7. The van der Waals surface area contributed by atoms with Crippen LogP contribution in [0.2, 0.25) is 0 Å². The lowest BCUT2D eigenvalue weighted by Gasteiger charge is -2.28. The van der Waals surface area contributed by atoms with Gasteiger partial charge in [0, 0.05) is 0 Å². The smallest absolute Gasteiger partial charge is 0.243 e. The van der Waals surface area contributed by atoms with Crippen LogP contribution in [0.15, 0.2) is 43.0 Å². The molecule has 0 aliphatic carbocycles. The third-order valence-corrected chi connectivity index (χ3v) is 3.58. The van der Waals surface area contributed by atoms with Crippen molar-refractivity contribution in [2.45, 2.75) is 45.7 Å². The van der Waals surface area contributed by atoms with Gasteiger partial charge in [-0.2, -0.15) is 0 Å². The van der Waals surface area contributed by atoms with Crippen LogP contribution >= 0.6 is 0 Å². The minimum Gasteiger partial charge on any atom is -0.494 e. The van der Waals surface area contributed by atoms with E-state index in [0.717, 1.165) is 30.2 Å². The minimum absolute atomic E-state index is 0.433. The molecule has 0 saturated heterocycles. The van der Waals surface area contributed by atoms with Crippen LogP contribution in [-0.4, -0.2) is 16.7 Å². The lowest BCUT2D eigenvalue weighted by molar-refractivity contribution is -0.671. The Morgan fingerprint density at radius 3 is 2.43 bits per heavy atom. The summed E-state index contributed by atoms with van der Waals surface area (Å²) in [5, 5.41) is 13.1. The molecule has 0 unspecified atom stereocenters. The van der Waals surface area contributed by atoms with Crippen LogP contribution in [0.4, 0.5) is 5.69 Å². The van der Waals surface area contributed by atoms with Crippen molar-refractivity contribution in [3.63, 3.8) is 0 Å². The van der Waals surface area contributed by atoms with Gasteiger partial charge >= 0.3 is 0 Å². The van der Waals surface area contributed by atoms with Crippen LogP contribution in [0.25, 0.3) is 0 Å². The molecule has 0 N–H and O–H groups in total. The molecule has 0 bridgehead atoms. The van der Waals surface area contributed by atoms with Gasteiger partial charge in [0.05, 0.1) is 31.4 Å². The lowest BCUT2D eigenvalue weighted by Crippen LogP contribution is -2.37. The molecule has 0 fully saturated rings. The third kappa shape index (κ3) is 5.28. The number of nitrogens with zero attached hydrogens (tertiary/aromatic N) is 3. The zero-order valence-corrected chi connectivity index (χ0v) is 14.5. The number of aromatic nitrogens is 2. The van der Waals surface area contributed by atoms with Crippen molar-refractivity contribution < 1.29 is 14.5 Å². The van der Waals surface area contributed by atoms with E-state index in [1.807, 2.05) is 62.8 Å². The highest BCUT2D eigenvalue weighted by Gasteiger charge is 2.21. The van der Waals surface area contributed by atoms with Crippen LogP contribution in [0.1, 0.15) is 33.6 Å². The molecule has 1 aromatic heterocycles. The molecule has 0 saturated carbocycles. The first-order valence-corrected chi connectivity index (χ1v) is 8.07.